The first-order chi connectivity index (χ1) is 13.4. The smallest absolute Gasteiger partial charge is 0.257 e. The van der Waals surface area contributed by atoms with E-state index >= 15 is 0 Å². The van der Waals surface area contributed by atoms with Gasteiger partial charge in [-0.15, -0.1) is 0 Å². The van der Waals surface area contributed by atoms with E-state index in [0.717, 1.165) is 23.2 Å². The highest BCUT2D eigenvalue weighted by atomic mass is 19.1. The number of hydrogen-bond acceptors (Lipinski definition) is 4. The molecule has 142 valence electrons. The maximum atomic E-state index is 14.3. The molecule has 4 rings (SSSR count). The summed E-state index contributed by atoms with van der Waals surface area (Å²) in [6.07, 6.45) is 3.44. The normalized spacial score (nSPS) is 11.0. The molecule has 0 spiro atoms. The lowest BCUT2D eigenvalue weighted by Crippen LogP contribution is -2.20. The summed E-state index contributed by atoms with van der Waals surface area (Å²) in [4.78, 5) is 24.4. The van der Waals surface area contributed by atoms with Gasteiger partial charge < -0.3 is 20.2 Å². The molecule has 6 nitrogen and oxygen atoms in total. The Labute approximate surface area is 158 Å². The van der Waals surface area contributed by atoms with E-state index < -0.39 is 17.2 Å². The lowest BCUT2D eigenvalue weighted by molar-refractivity contribution is 0.585. The highest BCUT2D eigenvalue weighted by molar-refractivity contribution is 5.92. The zero-order chi connectivity index (χ0) is 19.8. The highest BCUT2D eigenvalue weighted by Gasteiger charge is 2.16. The van der Waals surface area contributed by atoms with E-state index in [4.69, 9.17) is 0 Å². The number of nitrogens with zero attached hydrogens (tertiary/aromatic N) is 2. The van der Waals surface area contributed by atoms with Crippen LogP contribution < -0.4 is 15.8 Å². The fraction of sp³-hybridized carbons (Fsp3) is 0.100. The van der Waals surface area contributed by atoms with Gasteiger partial charge in [-0.25, -0.2) is 13.8 Å². The fourth-order valence-corrected chi connectivity index (χ4v) is 3.09. The number of pyridine rings is 2. The summed E-state index contributed by atoms with van der Waals surface area (Å²) < 4.78 is 27.5. The number of H-pyrrole nitrogens is 2. The van der Waals surface area contributed by atoms with E-state index in [1.807, 2.05) is 6.07 Å². The van der Waals surface area contributed by atoms with Gasteiger partial charge in [0.2, 0.25) is 0 Å². The van der Waals surface area contributed by atoms with Crippen molar-refractivity contribution in [1.29, 1.82) is 0 Å². The third-order valence-corrected chi connectivity index (χ3v) is 4.42. The van der Waals surface area contributed by atoms with E-state index in [-0.39, 0.29) is 11.1 Å². The molecule has 0 unspecified atom stereocenters. The van der Waals surface area contributed by atoms with Crippen molar-refractivity contribution >= 4 is 28.2 Å². The zero-order valence-electron chi connectivity index (χ0n) is 15.2. The van der Waals surface area contributed by atoms with Gasteiger partial charge in [-0.1, -0.05) is 0 Å². The summed E-state index contributed by atoms with van der Waals surface area (Å²) in [5, 5.41) is 4.15. The fourth-order valence-electron chi connectivity index (χ4n) is 3.09. The van der Waals surface area contributed by atoms with Gasteiger partial charge in [0.25, 0.3) is 5.56 Å². The van der Waals surface area contributed by atoms with Crippen LogP contribution in [0.15, 0.2) is 53.6 Å². The number of nitrogens with one attached hydrogen (secondary N) is 3. The van der Waals surface area contributed by atoms with Gasteiger partial charge in [0, 0.05) is 43.5 Å². The SMILES string of the molecule is CN(C)c1[nH]c(=O)c(-c2ccc(F)cc2F)cc1Nc1ccnc2[nH]ccc12. The number of benzene rings is 1. The molecule has 3 N–H and O–H groups in total. The Balaban J connectivity index is 1.88. The number of halogens is 2. The monoisotopic (exact) mass is 381 g/mol. The van der Waals surface area contributed by atoms with Crippen molar-refractivity contribution in [3.8, 4) is 11.1 Å². The van der Waals surface area contributed by atoms with E-state index in [1.54, 1.807) is 43.5 Å². The summed E-state index contributed by atoms with van der Waals surface area (Å²) in [7, 11) is 3.57. The van der Waals surface area contributed by atoms with Crippen molar-refractivity contribution in [2.75, 3.05) is 24.3 Å². The lowest BCUT2D eigenvalue weighted by atomic mass is 10.1. The van der Waals surface area contributed by atoms with Crippen LogP contribution in [-0.4, -0.2) is 29.0 Å². The number of aromatic nitrogens is 3. The van der Waals surface area contributed by atoms with Crippen LogP contribution >= 0.6 is 0 Å². The van der Waals surface area contributed by atoms with Gasteiger partial charge in [-0.05, 0) is 30.3 Å². The number of rotatable bonds is 4. The third kappa shape index (κ3) is 3.09. The Morgan fingerprint density at radius 3 is 2.61 bits per heavy atom. The number of anilines is 3. The summed E-state index contributed by atoms with van der Waals surface area (Å²) in [5.74, 6) is -0.977. The lowest BCUT2D eigenvalue weighted by Gasteiger charge is -2.19. The van der Waals surface area contributed by atoms with Crippen molar-refractivity contribution in [1.82, 2.24) is 15.0 Å². The summed E-state index contributed by atoms with van der Waals surface area (Å²) in [6.45, 7) is 0. The molecule has 0 aliphatic heterocycles. The molecular weight excluding hydrogens is 364 g/mol. The van der Waals surface area contributed by atoms with Gasteiger partial charge in [0.05, 0.1) is 16.9 Å². The maximum absolute atomic E-state index is 14.3. The summed E-state index contributed by atoms with van der Waals surface area (Å²) >= 11 is 0. The van der Waals surface area contributed by atoms with Crippen LogP contribution in [0.5, 0.6) is 0 Å². The Hall–Kier alpha value is -3.68. The molecule has 0 radical (unpaired) electrons. The zero-order valence-corrected chi connectivity index (χ0v) is 15.2. The van der Waals surface area contributed by atoms with Gasteiger partial charge >= 0.3 is 0 Å². The third-order valence-electron chi connectivity index (χ3n) is 4.42. The minimum atomic E-state index is -0.800. The number of hydrogen-bond donors (Lipinski definition) is 3. The molecule has 0 saturated heterocycles. The predicted molar refractivity (Wildman–Crippen MR) is 106 cm³/mol. The molecule has 3 heterocycles. The summed E-state index contributed by atoms with van der Waals surface area (Å²) in [6, 6.07) is 8.38. The second kappa shape index (κ2) is 6.80. The number of aromatic amines is 2. The topological polar surface area (TPSA) is 76.8 Å². The molecule has 8 heteroatoms. The van der Waals surface area contributed by atoms with Crippen LogP contribution in [0, 0.1) is 11.6 Å². The Morgan fingerprint density at radius 1 is 1.04 bits per heavy atom. The minimum Gasteiger partial charge on any atom is -0.362 e. The van der Waals surface area contributed by atoms with Gasteiger partial charge in [-0.2, -0.15) is 0 Å². The molecule has 3 aromatic heterocycles. The molecule has 0 atom stereocenters. The number of fused-ring (bicyclic) bond motifs is 1. The first-order valence-corrected chi connectivity index (χ1v) is 8.53. The van der Waals surface area contributed by atoms with E-state index in [0.29, 0.717) is 17.2 Å². The Kier molecular flexibility index (Phi) is 4.31. The standard InChI is InChI=1S/C20H17F2N5O/c1-27(2)19-17(25-16-6-8-24-18-13(16)5-7-23-18)10-14(20(28)26-19)12-4-3-11(21)9-15(12)22/h3-10H,1-2H3,(H,26,28)(H2,23,24,25). The van der Waals surface area contributed by atoms with Crippen LogP contribution in [0.2, 0.25) is 0 Å². The van der Waals surface area contributed by atoms with Gasteiger partial charge in [0.1, 0.15) is 23.1 Å². The van der Waals surface area contributed by atoms with Crippen LogP contribution in [0.3, 0.4) is 0 Å². The van der Waals surface area contributed by atoms with Gasteiger partial charge in [-0.3, -0.25) is 4.79 Å². The minimum absolute atomic E-state index is 0.0255. The molecule has 0 aliphatic carbocycles. The van der Waals surface area contributed by atoms with Crippen molar-refractivity contribution in [3.05, 3.63) is 70.8 Å². The van der Waals surface area contributed by atoms with E-state index in [2.05, 4.69) is 20.3 Å². The average molecular weight is 381 g/mol. The molecule has 1 aromatic carbocycles. The first-order valence-electron chi connectivity index (χ1n) is 8.53. The predicted octanol–water partition coefficient (Wildman–Crippen LogP) is 4.01. The molecule has 4 aromatic rings. The van der Waals surface area contributed by atoms with E-state index in [1.165, 1.54) is 6.07 Å². The van der Waals surface area contributed by atoms with E-state index in [9.17, 15) is 13.6 Å². The van der Waals surface area contributed by atoms with Gasteiger partial charge in [0.15, 0.2) is 0 Å². The van der Waals surface area contributed by atoms with Crippen LogP contribution in [-0.2, 0) is 0 Å². The average Bonchev–Trinajstić information content (AvgIpc) is 3.13. The molecule has 0 aliphatic rings. The quantitative estimate of drug-likeness (QED) is 0.499. The largest absolute Gasteiger partial charge is 0.362 e. The van der Waals surface area contributed by atoms with Crippen molar-refractivity contribution in [2.24, 2.45) is 0 Å². The molecular formula is C20H17F2N5O. The first kappa shape index (κ1) is 17.7. The summed E-state index contributed by atoms with van der Waals surface area (Å²) in [5.41, 5.74) is 1.71. The Bertz CT molecular complexity index is 1230. The van der Waals surface area contributed by atoms with Crippen LogP contribution in [0.4, 0.5) is 26.0 Å². The highest BCUT2D eigenvalue weighted by Crippen LogP contribution is 2.32. The second-order valence-corrected chi connectivity index (χ2v) is 6.52. The van der Waals surface area contributed by atoms with Crippen LogP contribution in [0.1, 0.15) is 0 Å². The molecule has 0 saturated carbocycles. The van der Waals surface area contributed by atoms with Crippen molar-refractivity contribution in [2.45, 2.75) is 0 Å². The molecule has 0 amide bonds. The molecule has 28 heavy (non-hydrogen) atoms. The van der Waals surface area contributed by atoms with Crippen molar-refractivity contribution < 1.29 is 8.78 Å². The second-order valence-electron chi connectivity index (χ2n) is 6.52. The van der Waals surface area contributed by atoms with Crippen molar-refractivity contribution in [3.63, 3.8) is 0 Å². The molecule has 0 fully saturated rings. The van der Waals surface area contributed by atoms with Crippen LogP contribution in [0.25, 0.3) is 22.2 Å². The molecule has 0 bridgehead atoms. The Morgan fingerprint density at radius 2 is 1.86 bits per heavy atom. The maximum Gasteiger partial charge on any atom is 0.257 e.